The Bertz CT molecular complexity index is 826. The van der Waals surface area contributed by atoms with Gasteiger partial charge in [-0.15, -0.1) is 0 Å². The van der Waals surface area contributed by atoms with E-state index in [-0.39, 0.29) is 0 Å². The second kappa shape index (κ2) is 7.12. The molecule has 0 radical (unpaired) electrons. The maximum atomic E-state index is 5.89. The van der Waals surface area contributed by atoms with Gasteiger partial charge >= 0.3 is 0 Å². The summed E-state index contributed by atoms with van der Waals surface area (Å²) in [5, 5.41) is 3.50. The van der Waals surface area contributed by atoms with Gasteiger partial charge in [0, 0.05) is 12.0 Å². The number of likely N-dealkylation sites (N-methyl/N-ethyl adjacent to an activating group) is 1. The van der Waals surface area contributed by atoms with Gasteiger partial charge in [-0.2, -0.15) is 0 Å². The highest BCUT2D eigenvalue weighted by molar-refractivity contribution is 5.40. The quantitative estimate of drug-likeness (QED) is 0.715. The van der Waals surface area contributed by atoms with Gasteiger partial charge in [0.1, 0.15) is 11.5 Å². The van der Waals surface area contributed by atoms with Gasteiger partial charge in [0.15, 0.2) is 0 Å². The molecule has 0 aliphatic heterocycles. The van der Waals surface area contributed by atoms with Crippen LogP contribution in [0.15, 0.2) is 78.9 Å². The number of hydrogen-bond donors (Lipinski definition) is 1. The van der Waals surface area contributed by atoms with Crippen molar-refractivity contribution in [2.75, 3.05) is 7.05 Å². The van der Waals surface area contributed by atoms with Crippen LogP contribution in [-0.4, -0.2) is 13.1 Å². The van der Waals surface area contributed by atoms with Gasteiger partial charge in [-0.25, -0.2) is 0 Å². The molecule has 1 aliphatic carbocycles. The van der Waals surface area contributed by atoms with Crippen molar-refractivity contribution in [1.82, 2.24) is 5.32 Å². The van der Waals surface area contributed by atoms with Crippen LogP contribution in [0, 0.1) is 0 Å². The van der Waals surface area contributed by atoms with Crippen molar-refractivity contribution in [3.05, 3.63) is 95.6 Å². The number of para-hydroxylation sites is 1. The molecule has 0 spiro atoms. The van der Waals surface area contributed by atoms with Gasteiger partial charge < -0.3 is 10.1 Å². The fourth-order valence-corrected chi connectivity index (χ4v) is 3.81. The molecule has 126 valence electrons. The predicted octanol–water partition coefficient (Wildman–Crippen LogP) is 4.95. The van der Waals surface area contributed by atoms with E-state index in [9.17, 15) is 0 Å². The molecule has 0 fully saturated rings. The van der Waals surface area contributed by atoms with Crippen molar-refractivity contribution >= 4 is 0 Å². The summed E-state index contributed by atoms with van der Waals surface area (Å²) in [6, 6.07) is 27.8. The summed E-state index contributed by atoms with van der Waals surface area (Å²) < 4.78 is 5.89. The Morgan fingerprint density at radius 2 is 1.52 bits per heavy atom. The first-order valence-corrected chi connectivity index (χ1v) is 8.90. The number of rotatable bonds is 5. The van der Waals surface area contributed by atoms with E-state index < -0.39 is 0 Å². The molecule has 0 saturated carbocycles. The molecule has 25 heavy (non-hydrogen) atoms. The zero-order valence-electron chi connectivity index (χ0n) is 14.5. The molecule has 0 bridgehead atoms. The molecule has 2 nitrogen and oxygen atoms in total. The predicted molar refractivity (Wildman–Crippen MR) is 102 cm³/mol. The van der Waals surface area contributed by atoms with E-state index in [4.69, 9.17) is 4.74 Å². The summed E-state index contributed by atoms with van der Waals surface area (Å²) in [4.78, 5) is 0. The Morgan fingerprint density at radius 1 is 0.840 bits per heavy atom. The zero-order chi connectivity index (χ0) is 17.1. The molecule has 4 rings (SSSR count). The number of nitrogens with one attached hydrogen (secondary N) is 1. The molecule has 1 aliphatic rings. The lowest BCUT2D eigenvalue weighted by Gasteiger charge is -2.20. The minimum absolute atomic E-state index is 0.512. The first-order valence-electron chi connectivity index (χ1n) is 8.90. The monoisotopic (exact) mass is 329 g/mol. The molecule has 0 aromatic heterocycles. The maximum absolute atomic E-state index is 5.89. The Morgan fingerprint density at radius 3 is 2.28 bits per heavy atom. The molecule has 2 heteroatoms. The second-order valence-corrected chi connectivity index (χ2v) is 6.67. The van der Waals surface area contributed by atoms with Gasteiger partial charge in [-0.1, -0.05) is 54.6 Å². The molecule has 1 N–H and O–H groups in total. The fraction of sp³-hybridized carbons (Fsp3) is 0.217. The fourth-order valence-electron chi connectivity index (χ4n) is 3.81. The van der Waals surface area contributed by atoms with Crippen LogP contribution in [-0.2, 0) is 12.8 Å². The van der Waals surface area contributed by atoms with Crippen molar-refractivity contribution in [3.63, 3.8) is 0 Å². The van der Waals surface area contributed by atoms with Crippen molar-refractivity contribution < 1.29 is 4.74 Å². The minimum Gasteiger partial charge on any atom is -0.457 e. The summed E-state index contributed by atoms with van der Waals surface area (Å²) in [7, 11) is 2.07. The zero-order valence-corrected chi connectivity index (χ0v) is 14.5. The van der Waals surface area contributed by atoms with Gasteiger partial charge in [0.25, 0.3) is 0 Å². The summed E-state index contributed by atoms with van der Waals surface area (Å²) in [5.74, 6) is 2.28. The molecule has 3 aromatic rings. The maximum Gasteiger partial charge on any atom is 0.127 e. The Labute approximate surface area is 149 Å². The molecule has 2 atom stereocenters. The first kappa shape index (κ1) is 15.9. The summed E-state index contributed by atoms with van der Waals surface area (Å²) in [6.45, 7) is 0. The van der Waals surface area contributed by atoms with Crippen LogP contribution >= 0.6 is 0 Å². The Balaban J connectivity index is 1.49. The van der Waals surface area contributed by atoms with Crippen LogP contribution in [0.3, 0.4) is 0 Å². The van der Waals surface area contributed by atoms with Crippen LogP contribution in [0.4, 0.5) is 0 Å². The van der Waals surface area contributed by atoms with Crippen LogP contribution in [0.1, 0.15) is 22.6 Å². The van der Waals surface area contributed by atoms with E-state index in [1.54, 1.807) is 0 Å². The lowest BCUT2D eigenvalue weighted by atomic mass is 9.91. The molecule has 3 aromatic carbocycles. The van der Waals surface area contributed by atoms with Gasteiger partial charge in [-0.05, 0) is 60.8 Å². The molecule has 0 unspecified atom stereocenters. The molecule has 0 heterocycles. The van der Waals surface area contributed by atoms with E-state index in [2.05, 4.69) is 60.9 Å². The Hall–Kier alpha value is -2.58. The van der Waals surface area contributed by atoms with E-state index in [1.807, 2.05) is 30.3 Å². The van der Waals surface area contributed by atoms with Crippen LogP contribution < -0.4 is 10.1 Å². The topological polar surface area (TPSA) is 21.3 Å². The largest absolute Gasteiger partial charge is 0.457 e. The van der Waals surface area contributed by atoms with E-state index in [1.165, 1.54) is 16.7 Å². The highest BCUT2D eigenvalue weighted by atomic mass is 16.5. The third-order valence-corrected chi connectivity index (χ3v) is 5.11. The third kappa shape index (κ3) is 3.45. The SMILES string of the molecule is CN[C@H]1Cc2ccccc2[C@H]1Cc1ccc(Oc2ccccc2)cc1. The highest BCUT2D eigenvalue weighted by Crippen LogP contribution is 2.36. The number of hydrogen-bond acceptors (Lipinski definition) is 2. The molecular formula is C23H23NO. The average Bonchev–Trinajstić information content (AvgIpc) is 3.02. The lowest BCUT2D eigenvalue weighted by molar-refractivity contribution is 0.480. The smallest absolute Gasteiger partial charge is 0.127 e. The van der Waals surface area contributed by atoms with E-state index in [0.29, 0.717) is 12.0 Å². The number of ether oxygens (including phenoxy) is 1. The minimum atomic E-state index is 0.512. The first-order chi connectivity index (χ1) is 12.3. The number of benzene rings is 3. The van der Waals surface area contributed by atoms with Crippen LogP contribution in [0.25, 0.3) is 0 Å². The summed E-state index contributed by atoms with van der Waals surface area (Å²) >= 11 is 0. The van der Waals surface area contributed by atoms with Crippen molar-refractivity contribution in [2.24, 2.45) is 0 Å². The molecular weight excluding hydrogens is 306 g/mol. The molecule has 0 amide bonds. The van der Waals surface area contributed by atoms with E-state index in [0.717, 1.165) is 24.3 Å². The lowest BCUT2D eigenvalue weighted by Crippen LogP contribution is -2.30. The highest BCUT2D eigenvalue weighted by Gasteiger charge is 2.30. The van der Waals surface area contributed by atoms with Gasteiger partial charge in [-0.3, -0.25) is 0 Å². The van der Waals surface area contributed by atoms with E-state index >= 15 is 0 Å². The third-order valence-electron chi connectivity index (χ3n) is 5.11. The summed E-state index contributed by atoms with van der Waals surface area (Å²) in [5.41, 5.74) is 4.32. The number of fused-ring (bicyclic) bond motifs is 1. The van der Waals surface area contributed by atoms with Crippen molar-refractivity contribution in [3.8, 4) is 11.5 Å². The summed E-state index contributed by atoms with van der Waals surface area (Å²) in [6.07, 6.45) is 2.17. The average molecular weight is 329 g/mol. The Kier molecular flexibility index (Phi) is 4.53. The normalized spacial score (nSPS) is 18.8. The standard InChI is InChI=1S/C23H23NO/c1-24-23-16-18-7-5-6-10-21(18)22(23)15-17-11-13-20(14-12-17)25-19-8-3-2-4-9-19/h2-14,22-24H,15-16H2,1H3/t22-,23+/m1/s1. The molecule has 0 saturated heterocycles. The van der Waals surface area contributed by atoms with Gasteiger partial charge in [0.05, 0.1) is 0 Å². The van der Waals surface area contributed by atoms with Crippen molar-refractivity contribution in [1.29, 1.82) is 0 Å². The van der Waals surface area contributed by atoms with Crippen LogP contribution in [0.5, 0.6) is 11.5 Å². The second-order valence-electron chi connectivity index (χ2n) is 6.67. The van der Waals surface area contributed by atoms with Crippen LogP contribution in [0.2, 0.25) is 0 Å². The van der Waals surface area contributed by atoms with Gasteiger partial charge in [0.2, 0.25) is 0 Å². The van der Waals surface area contributed by atoms with Crippen molar-refractivity contribution in [2.45, 2.75) is 24.8 Å².